The molecule has 26 heavy (non-hydrogen) atoms. The summed E-state index contributed by atoms with van der Waals surface area (Å²) in [6.07, 6.45) is 0.883. The van der Waals surface area contributed by atoms with Gasteiger partial charge in [0.1, 0.15) is 17.6 Å². The van der Waals surface area contributed by atoms with Crippen LogP contribution in [-0.2, 0) is 6.42 Å². The molecule has 1 amide bonds. The van der Waals surface area contributed by atoms with Gasteiger partial charge in [-0.2, -0.15) is 0 Å². The first-order valence-electron chi connectivity index (χ1n) is 8.41. The number of amides is 1. The first-order chi connectivity index (χ1) is 12.4. The predicted octanol–water partition coefficient (Wildman–Crippen LogP) is 3.88. The Morgan fingerprint density at radius 3 is 2.81 bits per heavy atom. The van der Waals surface area contributed by atoms with Crippen molar-refractivity contribution in [3.63, 3.8) is 0 Å². The van der Waals surface area contributed by atoms with Crippen molar-refractivity contribution in [1.29, 1.82) is 0 Å². The molecule has 0 aromatic heterocycles. The van der Waals surface area contributed by atoms with Crippen molar-refractivity contribution in [2.24, 2.45) is 0 Å². The fourth-order valence-corrected chi connectivity index (χ4v) is 3.01. The van der Waals surface area contributed by atoms with Gasteiger partial charge in [0.2, 0.25) is 0 Å². The lowest BCUT2D eigenvalue weighted by molar-refractivity contribution is -0.385. The molecule has 7 nitrogen and oxygen atoms in total. The van der Waals surface area contributed by atoms with Crippen molar-refractivity contribution in [2.45, 2.75) is 33.3 Å². The van der Waals surface area contributed by atoms with E-state index in [1.165, 1.54) is 18.2 Å². The Hall–Kier alpha value is -3.09. The molecule has 0 fully saturated rings. The van der Waals surface area contributed by atoms with Crippen LogP contribution in [0.4, 0.5) is 11.4 Å². The third-order valence-corrected chi connectivity index (χ3v) is 4.20. The number of benzene rings is 2. The monoisotopic (exact) mass is 356 g/mol. The molecule has 0 unspecified atom stereocenters. The van der Waals surface area contributed by atoms with Gasteiger partial charge in [0.25, 0.3) is 11.6 Å². The van der Waals surface area contributed by atoms with Crippen LogP contribution in [0.2, 0.25) is 0 Å². The molecule has 2 aromatic rings. The Balaban J connectivity index is 1.88. The number of rotatable bonds is 5. The average Bonchev–Trinajstić information content (AvgIpc) is 2.93. The van der Waals surface area contributed by atoms with Crippen molar-refractivity contribution in [1.82, 2.24) is 0 Å². The van der Waals surface area contributed by atoms with Gasteiger partial charge in [-0.3, -0.25) is 14.9 Å². The Kier molecular flexibility index (Phi) is 4.79. The molecule has 1 aliphatic rings. The predicted molar refractivity (Wildman–Crippen MR) is 97.2 cm³/mol. The molecule has 1 N–H and O–H groups in total. The zero-order chi connectivity index (χ0) is 18.8. The molecule has 1 aliphatic heterocycles. The second-order valence-electron chi connectivity index (χ2n) is 6.23. The summed E-state index contributed by atoms with van der Waals surface area (Å²) >= 11 is 0. The molecular weight excluding hydrogens is 336 g/mol. The molecule has 0 spiro atoms. The maximum absolute atomic E-state index is 12.6. The second-order valence-corrected chi connectivity index (χ2v) is 6.23. The highest BCUT2D eigenvalue weighted by atomic mass is 16.6. The summed E-state index contributed by atoms with van der Waals surface area (Å²) in [6, 6.07) is 7.92. The van der Waals surface area contributed by atoms with Gasteiger partial charge >= 0.3 is 0 Å². The van der Waals surface area contributed by atoms with Crippen molar-refractivity contribution < 1.29 is 19.2 Å². The Morgan fingerprint density at radius 1 is 1.38 bits per heavy atom. The van der Waals surface area contributed by atoms with Gasteiger partial charge in [0, 0.05) is 35.2 Å². The van der Waals surface area contributed by atoms with Gasteiger partial charge < -0.3 is 14.8 Å². The van der Waals surface area contributed by atoms with Crippen LogP contribution in [-0.4, -0.2) is 23.5 Å². The zero-order valence-corrected chi connectivity index (χ0v) is 14.9. The molecule has 7 heteroatoms. The Morgan fingerprint density at radius 2 is 2.15 bits per heavy atom. The molecule has 2 aromatic carbocycles. The first-order valence-corrected chi connectivity index (χ1v) is 8.41. The number of hydrogen-bond acceptors (Lipinski definition) is 5. The number of nitro groups is 1. The van der Waals surface area contributed by atoms with Crippen LogP contribution >= 0.6 is 0 Å². The summed E-state index contributed by atoms with van der Waals surface area (Å²) in [5.41, 5.74) is 2.31. The van der Waals surface area contributed by atoms with Crippen LogP contribution in [0, 0.1) is 17.0 Å². The van der Waals surface area contributed by atoms with Crippen LogP contribution in [0.15, 0.2) is 30.3 Å². The molecule has 3 rings (SSSR count). The second kappa shape index (κ2) is 7.03. The van der Waals surface area contributed by atoms with E-state index in [0.29, 0.717) is 29.2 Å². The van der Waals surface area contributed by atoms with E-state index in [4.69, 9.17) is 9.47 Å². The summed E-state index contributed by atoms with van der Waals surface area (Å²) in [5.74, 6) is 0.946. The minimum absolute atomic E-state index is 0.0172. The molecule has 136 valence electrons. The first kappa shape index (κ1) is 17.7. The van der Waals surface area contributed by atoms with Crippen molar-refractivity contribution in [3.8, 4) is 11.5 Å². The number of anilines is 1. The summed E-state index contributed by atoms with van der Waals surface area (Å²) in [5, 5.41) is 13.7. The largest absolute Gasteiger partial charge is 0.492 e. The highest BCUT2D eigenvalue weighted by Crippen LogP contribution is 2.38. The lowest BCUT2D eigenvalue weighted by Crippen LogP contribution is -2.13. The molecule has 0 bridgehead atoms. The van der Waals surface area contributed by atoms with E-state index in [0.717, 1.165) is 17.7 Å². The molecule has 1 heterocycles. The number of aryl methyl sites for hydroxylation is 1. The third kappa shape index (κ3) is 3.46. The minimum Gasteiger partial charge on any atom is -0.492 e. The van der Waals surface area contributed by atoms with E-state index in [-0.39, 0.29) is 17.7 Å². The molecular formula is C19H20N2O5. The maximum atomic E-state index is 12.6. The van der Waals surface area contributed by atoms with E-state index < -0.39 is 4.92 Å². The van der Waals surface area contributed by atoms with Crippen LogP contribution < -0.4 is 14.8 Å². The van der Waals surface area contributed by atoms with Crippen molar-refractivity contribution in [3.05, 3.63) is 57.1 Å². The molecule has 0 aliphatic carbocycles. The van der Waals surface area contributed by atoms with E-state index >= 15 is 0 Å². The minimum atomic E-state index is -0.469. The Bertz CT molecular complexity index is 878. The number of carbonyl (C=O) groups excluding carboxylic acids is 1. The quantitative estimate of drug-likeness (QED) is 0.648. The number of nitrogens with zero attached hydrogens (tertiary/aromatic N) is 1. The van der Waals surface area contributed by atoms with E-state index in [1.54, 1.807) is 13.0 Å². The zero-order valence-electron chi connectivity index (χ0n) is 14.9. The lowest BCUT2D eigenvalue weighted by Gasteiger charge is -2.14. The van der Waals surface area contributed by atoms with Crippen LogP contribution in [0.25, 0.3) is 0 Å². The molecule has 0 radical (unpaired) electrons. The van der Waals surface area contributed by atoms with Crippen LogP contribution in [0.3, 0.4) is 0 Å². The number of nitro benzene ring substituents is 1. The number of hydrogen-bond donors (Lipinski definition) is 1. The van der Waals surface area contributed by atoms with E-state index in [2.05, 4.69) is 5.32 Å². The van der Waals surface area contributed by atoms with Gasteiger partial charge in [0.05, 0.1) is 17.2 Å². The fraction of sp³-hybridized carbons (Fsp3) is 0.316. The standard InChI is InChI=1S/C19H20N2O5/c1-4-25-18-9-14-8-12(3)26-17(14)10-15(18)20-19(22)13-5-6-16(21(23)24)11(2)7-13/h5-7,9-10,12H,4,8H2,1-3H3,(H,20,22)/t12-/m0/s1. The van der Waals surface area contributed by atoms with Gasteiger partial charge in [-0.1, -0.05) is 0 Å². The Labute approximate surface area is 151 Å². The summed E-state index contributed by atoms with van der Waals surface area (Å²) < 4.78 is 11.4. The summed E-state index contributed by atoms with van der Waals surface area (Å²) in [7, 11) is 0. The SMILES string of the molecule is CCOc1cc2c(cc1NC(=O)c1ccc([N+](=O)[O-])c(C)c1)O[C@@H](C)C2. The fourth-order valence-electron chi connectivity index (χ4n) is 3.01. The van der Waals surface area contributed by atoms with Crippen LogP contribution in [0.1, 0.15) is 35.3 Å². The van der Waals surface area contributed by atoms with Gasteiger partial charge in [-0.05, 0) is 39.0 Å². The highest BCUT2D eigenvalue weighted by molar-refractivity contribution is 6.05. The smallest absolute Gasteiger partial charge is 0.272 e. The van der Waals surface area contributed by atoms with Crippen molar-refractivity contribution >= 4 is 17.3 Å². The molecule has 1 atom stereocenters. The summed E-state index contributed by atoms with van der Waals surface area (Å²) in [4.78, 5) is 23.0. The van der Waals surface area contributed by atoms with E-state index in [9.17, 15) is 14.9 Å². The number of fused-ring (bicyclic) bond motifs is 1. The number of ether oxygens (including phenoxy) is 2. The van der Waals surface area contributed by atoms with Crippen LogP contribution in [0.5, 0.6) is 11.5 Å². The number of carbonyl (C=O) groups is 1. The third-order valence-electron chi connectivity index (χ3n) is 4.20. The highest BCUT2D eigenvalue weighted by Gasteiger charge is 2.23. The maximum Gasteiger partial charge on any atom is 0.272 e. The molecule has 0 saturated heterocycles. The summed E-state index contributed by atoms with van der Waals surface area (Å²) in [6.45, 7) is 5.93. The topological polar surface area (TPSA) is 90.7 Å². The lowest BCUT2D eigenvalue weighted by atomic mass is 10.1. The van der Waals surface area contributed by atoms with Gasteiger partial charge in [-0.25, -0.2) is 0 Å². The number of nitrogens with one attached hydrogen (secondary N) is 1. The molecule has 0 saturated carbocycles. The average molecular weight is 356 g/mol. The van der Waals surface area contributed by atoms with E-state index in [1.807, 2.05) is 19.9 Å². The normalized spacial score (nSPS) is 15.1. The van der Waals surface area contributed by atoms with Gasteiger partial charge in [0.15, 0.2) is 0 Å². The van der Waals surface area contributed by atoms with Gasteiger partial charge in [-0.15, -0.1) is 0 Å². The van der Waals surface area contributed by atoms with Crippen molar-refractivity contribution in [2.75, 3.05) is 11.9 Å².